The Morgan fingerprint density at radius 2 is 2.14 bits per heavy atom. The highest BCUT2D eigenvalue weighted by Gasteiger charge is 2.16. The number of benzene rings is 1. The number of rotatable bonds is 6. The second-order valence-corrected chi connectivity index (χ2v) is 6.87. The maximum atomic E-state index is 12.6. The number of hydrogen-bond donors (Lipinski definition) is 2. The normalized spacial score (nSPS) is 10.9. The van der Waals surface area contributed by atoms with Crippen molar-refractivity contribution in [2.75, 3.05) is 11.9 Å². The number of para-hydroxylation sites is 2. The topological polar surface area (TPSA) is 101 Å². The van der Waals surface area contributed by atoms with Crippen LogP contribution in [0.3, 0.4) is 0 Å². The highest BCUT2D eigenvalue weighted by Crippen LogP contribution is 2.25. The van der Waals surface area contributed by atoms with Gasteiger partial charge in [-0.3, -0.25) is 9.59 Å². The molecule has 142 valence electrons. The Hall–Kier alpha value is -3.46. The van der Waals surface area contributed by atoms with Gasteiger partial charge in [-0.1, -0.05) is 18.2 Å². The molecule has 4 aromatic rings. The quantitative estimate of drug-likeness (QED) is 0.523. The first-order chi connectivity index (χ1) is 13.7. The van der Waals surface area contributed by atoms with Gasteiger partial charge in [0.25, 0.3) is 5.56 Å². The van der Waals surface area contributed by atoms with E-state index in [4.69, 9.17) is 4.74 Å². The summed E-state index contributed by atoms with van der Waals surface area (Å²) in [7, 11) is 0. The smallest absolute Gasteiger partial charge is 0.290 e. The predicted molar refractivity (Wildman–Crippen MR) is 107 cm³/mol. The van der Waals surface area contributed by atoms with Gasteiger partial charge in [0.05, 0.1) is 23.6 Å². The summed E-state index contributed by atoms with van der Waals surface area (Å²) < 4.78 is 6.94. The number of carbonyl (C=O) groups excluding carboxylic acids is 1. The zero-order valence-corrected chi connectivity index (χ0v) is 15.8. The predicted octanol–water partition coefficient (Wildman–Crippen LogP) is 2.73. The highest BCUT2D eigenvalue weighted by atomic mass is 32.1. The van der Waals surface area contributed by atoms with Crippen LogP contribution >= 0.6 is 11.3 Å². The number of nitrogens with zero attached hydrogens (tertiary/aromatic N) is 3. The molecule has 0 saturated heterocycles. The summed E-state index contributed by atoms with van der Waals surface area (Å²) in [5, 5.41) is 15.7. The Labute approximate surface area is 163 Å². The van der Waals surface area contributed by atoms with Gasteiger partial charge in [0.2, 0.25) is 5.91 Å². The molecular weight excluding hydrogens is 378 g/mol. The molecule has 9 heteroatoms. The van der Waals surface area contributed by atoms with Crippen LogP contribution in [0.5, 0.6) is 5.75 Å². The minimum Gasteiger partial charge on any atom is -0.492 e. The van der Waals surface area contributed by atoms with E-state index in [1.165, 1.54) is 15.9 Å². The van der Waals surface area contributed by atoms with E-state index >= 15 is 0 Å². The second kappa shape index (κ2) is 7.65. The highest BCUT2D eigenvalue weighted by molar-refractivity contribution is 7.13. The number of fused-ring (bicyclic) bond motifs is 1. The molecule has 0 aliphatic heterocycles. The SMILES string of the molecule is CCOc1ccccc1NC(=O)Cc1n[nH]c(=O)c2cc(-c3cccs3)nn12. The summed E-state index contributed by atoms with van der Waals surface area (Å²) >= 11 is 1.52. The van der Waals surface area contributed by atoms with E-state index in [-0.39, 0.29) is 17.9 Å². The number of ether oxygens (including phenoxy) is 1. The van der Waals surface area contributed by atoms with Crippen LogP contribution < -0.4 is 15.6 Å². The maximum absolute atomic E-state index is 12.6. The first kappa shape index (κ1) is 17.9. The average molecular weight is 395 g/mol. The van der Waals surface area contributed by atoms with E-state index in [1.807, 2.05) is 36.6 Å². The molecule has 3 aromatic heterocycles. The Balaban J connectivity index is 1.62. The first-order valence-corrected chi connectivity index (χ1v) is 9.56. The van der Waals surface area contributed by atoms with Crippen LogP contribution in [0.1, 0.15) is 12.7 Å². The number of amides is 1. The van der Waals surface area contributed by atoms with Gasteiger partial charge >= 0.3 is 0 Å². The zero-order valence-electron chi connectivity index (χ0n) is 15.0. The lowest BCUT2D eigenvalue weighted by atomic mass is 10.2. The maximum Gasteiger partial charge on any atom is 0.290 e. The molecule has 0 atom stereocenters. The molecule has 3 heterocycles. The molecule has 0 unspecified atom stereocenters. The molecule has 0 fully saturated rings. The van der Waals surface area contributed by atoms with Crippen molar-refractivity contribution in [1.29, 1.82) is 0 Å². The fourth-order valence-electron chi connectivity index (χ4n) is 2.81. The molecule has 4 rings (SSSR count). The van der Waals surface area contributed by atoms with Gasteiger partial charge in [-0.25, -0.2) is 9.61 Å². The molecule has 0 spiro atoms. The van der Waals surface area contributed by atoms with Gasteiger partial charge in [-0.2, -0.15) is 10.2 Å². The van der Waals surface area contributed by atoms with Crippen molar-refractivity contribution < 1.29 is 9.53 Å². The fraction of sp³-hybridized carbons (Fsp3) is 0.158. The van der Waals surface area contributed by atoms with Crippen LogP contribution in [0, 0.1) is 0 Å². The van der Waals surface area contributed by atoms with E-state index in [0.717, 1.165) is 4.88 Å². The zero-order chi connectivity index (χ0) is 19.5. The average Bonchev–Trinajstić information content (AvgIpc) is 3.36. The first-order valence-electron chi connectivity index (χ1n) is 8.68. The standard InChI is InChI=1S/C19H17N5O3S/c1-2-27-15-7-4-3-6-12(15)20-18(25)11-17-21-22-19(26)14-10-13(23-24(14)17)16-8-5-9-28-16/h3-10H,2,11H2,1H3,(H,20,25)(H,22,26). The molecule has 0 aliphatic carbocycles. The van der Waals surface area contributed by atoms with Crippen molar-refractivity contribution >= 4 is 28.4 Å². The molecule has 0 bridgehead atoms. The molecule has 1 amide bonds. The van der Waals surface area contributed by atoms with Gasteiger partial charge in [-0.15, -0.1) is 11.3 Å². The Morgan fingerprint density at radius 3 is 2.93 bits per heavy atom. The van der Waals surface area contributed by atoms with E-state index in [0.29, 0.717) is 35.1 Å². The third-order valence-corrected chi connectivity index (χ3v) is 4.92. The van der Waals surface area contributed by atoms with Crippen molar-refractivity contribution in [3.63, 3.8) is 0 Å². The van der Waals surface area contributed by atoms with E-state index in [2.05, 4.69) is 20.6 Å². The van der Waals surface area contributed by atoms with E-state index < -0.39 is 0 Å². The monoisotopic (exact) mass is 395 g/mol. The van der Waals surface area contributed by atoms with Crippen molar-refractivity contribution in [3.8, 4) is 16.3 Å². The van der Waals surface area contributed by atoms with Gasteiger partial charge in [0, 0.05) is 0 Å². The number of carbonyl (C=O) groups is 1. The summed E-state index contributed by atoms with van der Waals surface area (Å²) in [5.41, 5.74) is 1.23. The summed E-state index contributed by atoms with van der Waals surface area (Å²) in [5.74, 6) is 0.641. The Morgan fingerprint density at radius 1 is 1.29 bits per heavy atom. The summed E-state index contributed by atoms with van der Waals surface area (Å²) in [6, 6.07) is 12.7. The summed E-state index contributed by atoms with van der Waals surface area (Å²) in [6.45, 7) is 2.37. The number of hydrogen-bond acceptors (Lipinski definition) is 6. The molecular formula is C19H17N5O3S. The van der Waals surface area contributed by atoms with Crippen LogP contribution in [-0.2, 0) is 11.2 Å². The largest absolute Gasteiger partial charge is 0.492 e. The second-order valence-electron chi connectivity index (χ2n) is 5.93. The van der Waals surface area contributed by atoms with Crippen LogP contribution in [0.25, 0.3) is 16.1 Å². The third-order valence-electron chi connectivity index (χ3n) is 4.03. The van der Waals surface area contributed by atoms with Crippen LogP contribution in [-0.4, -0.2) is 32.3 Å². The lowest BCUT2D eigenvalue weighted by molar-refractivity contribution is -0.115. The van der Waals surface area contributed by atoms with Gasteiger partial charge in [-0.05, 0) is 36.6 Å². The number of nitrogens with one attached hydrogen (secondary N) is 2. The minimum atomic E-state index is -0.360. The van der Waals surface area contributed by atoms with Gasteiger partial charge in [0.15, 0.2) is 5.82 Å². The van der Waals surface area contributed by atoms with Crippen molar-refractivity contribution in [3.05, 3.63) is 64.0 Å². The number of aromatic nitrogens is 4. The fourth-order valence-corrected chi connectivity index (χ4v) is 3.49. The van der Waals surface area contributed by atoms with Crippen LogP contribution in [0.15, 0.2) is 52.6 Å². The van der Waals surface area contributed by atoms with Crippen LogP contribution in [0.2, 0.25) is 0 Å². The number of anilines is 1. The molecule has 0 radical (unpaired) electrons. The number of H-pyrrole nitrogens is 1. The van der Waals surface area contributed by atoms with Gasteiger partial charge in [0.1, 0.15) is 17.0 Å². The summed E-state index contributed by atoms with van der Waals surface area (Å²) in [4.78, 5) is 25.6. The van der Waals surface area contributed by atoms with Crippen molar-refractivity contribution in [1.82, 2.24) is 19.8 Å². The van der Waals surface area contributed by atoms with E-state index in [9.17, 15) is 9.59 Å². The Bertz CT molecular complexity index is 1180. The van der Waals surface area contributed by atoms with Crippen molar-refractivity contribution in [2.24, 2.45) is 0 Å². The van der Waals surface area contributed by atoms with Crippen molar-refractivity contribution in [2.45, 2.75) is 13.3 Å². The Kier molecular flexibility index (Phi) is 4.90. The molecule has 2 N–H and O–H groups in total. The summed E-state index contributed by atoms with van der Waals surface area (Å²) in [6.07, 6.45) is -0.0563. The van der Waals surface area contributed by atoms with E-state index in [1.54, 1.807) is 18.2 Å². The molecule has 8 nitrogen and oxygen atoms in total. The minimum absolute atomic E-state index is 0.0563. The van der Waals surface area contributed by atoms with Gasteiger partial charge < -0.3 is 10.1 Å². The molecule has 0 saturated carbocycles. The molecule has 28 heavy (non-hydrogen) atoms. The molecule has 0 aliphatic rings. The lowest BCUT2D eigenvalue weighted by Gasteiger charge is -2.11. The number of aromatic amines is 1. The lowest BCUT2D eigenvalue weighted by Crippen LogP contribution is -2.22. The number of thiophene rings is 1. The molecule has 1 aromatic carbocycles. The third kappa shape index (κ3) is 3.52. The van der Waals surface area contributed by atoms with Crippen LogP contribution in [0.4, 0.5) is 5.69 Å².